The van der Waals surface area contributed by atoms with Crippen molar-refractivity contribution in [1.82, 2.24) is 0 Å². The summed E-state index contributed by atoms with van der Waals surface area (Å²) in [6, 6.07) is 0. The molecule has 0 aromatic rings. The van der Waals surface area contributed by atoms with Crippen molar-refractivity contribution in [3.63, 3.8) is 0 Å². The Labute approximate surface area is 71.2 Å². The fraction of sp³-hybridized carbons (Fsp3) is 1.00. The van der Waals surface area contributed by atoms with Gasteiger partial charge >= 0.3 is 0 Å². The van der Waals surface area contributed by atoms with E-state index in [4.69, 9.17) is 26.2 Å². The first-order valence-electron chi connectivity index (χ1n) is 3.84. The number of hydrogen-bond donors (Lipinski definition) is 1. The molecule has 0 amide bonds. The van der Waals surface area contributed by atoms with E-state index in [1.54, 1.807) is 0 Å². The van der Waals surface area contributed by atoms with Gasteiger partial charge in [0.25, 0.3) is 0 Å². The van der Waals surface area contributed by atoms with Gasteiger partial charge in [-0.05, 0) is 19.3 Å². The highest BCUT2D eigenvalue weighted by Crippen LogP contribution is 2.14. The first-order chi connectivity index (χ1) is 5.33. The molecule has 66 valence electrons. The average Bonchev–Trinajstić information content (AvgIpc) is 2.06. The van der Waals surface area contributed by atoms with E-state index in [-0.39, 0.29) is 12.2 Å². The van der Waals surface area contributed by atoms with Crippen LogP contribution in [0.1, 0.15) is 19.3 Å². The van der Waals surface area contributed by atoms with Crippen LogP contribution in [-0.2, 0) is 9.47 Å². The van der Waals surface area contributed by atoms with E-state index in [0.29, 0.717) is 0 Å². The van der Waals surface area contributed by atoms with E-state index < -0.39 is 6.29 Å². The lowest BCUT2D eigenvalue weighted by Gasteiger charge is -2.24. The van der Waals surface area contributed by atoms with E-state index in [2.05, 4.69) is 0 Å². The molecule has 0 aliphatic carbocycles. The Bertz CT molecular complexity index is 104. The third kappa shape index (κ3) is 3.38. The van der Waals surface area contributed by atoms with Crippen molar-refractivity contribution in [2.24, 2.45) is 0 Å². The predicted molar refractivity (Wildman–Crippen MR) is 41.4 cm³/mol. The molecule has 1 rings (SSSR count). The van der Waals surface area contributed by atoms with Crippen LogP contribution >= 0.6 is 11.6 Å². The summed E-state index contributed by atoms with van der Waals surface area (Å²) in [5.41, 5.74) is 0. The SMILES string of the molecule is OC(CCl)OC1CCCCO1. The lowest BCUT2D eigenvalue weighted by molar-refractivity contribution is -0.232. The first kappa shape index (κ1) is 9.26. The summed E-state index contributed by atoms with van der Waals surface area (Å²) in [5.74, 6) is 0.0971. The van der Waals surface area contributed by atoms with Gasteiger partial charge in [0.05, 0.1) is 5.88 Å². The molecule has 0 aromatic heterocycles. The van der Waals surface area contributed by atoms with E-state index in [0.717, 1.165) is 25.9 Å². The largest absolute Gasteiger partial charge is 0.367 e. The van der Waals surface area contributed by atoms with Gasteiger partial charge in [-0.15, -0.1) is 11.6 Å². The number of aliphatic hydroxyl groups is 1. The molecule has 1 heterocycles. The van der Waals surface area contributed by atoms with Gasteiger partial charge in [0.15, 0.2) is 12.6 Å². The standard InChI is InChI=1S/C7H13ClO3/c8-5-6(9)11-7-3-1-2-4-10-7/h6-7,9H,1-5H2. The molecule has 1 saturated heterocycles. The molecule has 0 saturated carbocycles. The topological polar surface area (TPSA) is 38.7 Å². The summed E-state index contributed by atoms with van der Waals surface area (Å²) >= 11 is 5.34. The summed E-state index contributed by atoms with van der Waals surface area (Å²) in [6.07, 6.45) is 1.89. The van der Waals surface area contributed by atoms with Crippen molar-refractivity contribution in [2.75, 3.05) is 12.5 Å². The third-order valence-electron chi connectivity index (χ3n) is 1.58. The minimum Gasteiger partial charge on any atom is -0.367 e. The van der Waals surface area contributed by atoms with Crippen LogP contribution in [0.15, 0.2) is 0 Å². The van der Waals surface area contributed by atoms with Crippen LogP contribution in [0.2, 0.25) is 0 Å². The van der Waals surface area contributed by atoms with Crippen molar-refractivity contribution in [3.8, 4) is 0 Å². The van der Waals surface area contributed by atoms with Crippen molar-refractivity contribution in [3.05, 3.63) is 0 Å². The first-order valence-corrected chi connectivity index (χ1v) is 4.37. The summed E-state index contributed by atoms with van der Waals surface area (Å²) in [6.45, 7) is 0.722. The highest BCUT2D eigenvalue weighted by molar-refractivity contribution is 6.18. The van der Waals surface area contributed by atoms with Crippen LogP contribution in [0.25, 0.3) is 0 Å². The fourth-order valence-electron chi connectivity index (χ4n) is 1.03. The Kier molecular flexibility index (Phi) is 4.15. The van der Waals surface area contributed by atoms with Crippen molar-refractivity contribution < 1.29 is 14.6 Å². The number of rotatable bonds is 3. The second-order valence-corrected chi connectivity index (χ2v) is 2.85. The molecule has 2 unspecified atom stereocenters. The fourth-order valence-corrected chi connectivity index (χ4v) is 1.10. The second kappa shape index (κ2) is 4.93. The maximum Gasteiger partial charge on any atom is 0.171 e. The maximum absolute atomic E-state index is 8.98. The van der Waals surface area contributed by atoms with Gasteiger partial charge in [0.2, 0.25) is 0 Å². The molecule has 3 nitrogen and oxygen atoms in total. The Hall–Kier alpha value is 0.170. The molecule has 4 heteroatoms. The third-order valence-corrected chi connectivity index (χ3v) is 1.84. The predicted octanol–water partition coefficient (Wildman–Crippen LogP) is 1.09. The molecule has 0 bridgehead atoms. The highest BCUT2D eigenvalue weighted by atomic mass is 35.5. The van der Waals surface area contributed by atoms with Crippen LogP contribution in [0, 0.1) is 0 Å². The van der Waals surface area contributed by atoms with E-state index in [1.165, 1.54) is 0 Å². The van der Waals surface area contributed by atoms with Crippen LogP contribution < -0.4 is 0 Å². The Balaban J connectivity index is 2.13. The highest BCUT2D eigenvalue weighted by Gasteiger charge is 2.17. The van der Waals surface area contributed by atoms with E-state index in [1.807, 2.05) is 0 Å². The smallest absolute Gasteiger partial charge is 0.171 e. The van der Waals surface area contributed by atoms with Crippen LogP contribution in [0.3, 0.4) is 0 Å². The Morgan fingerprint density at radius 1 is 1.64 bits per heavy atom. The summed E-state index contributed by atoms with van der Waals surface area (Å²) < 4.78 is 10.3. The number of alkyl halides is 1. The number of halogens is 1. The lowest BCUT2D eigenvalue weighted by atomic mass is 10.2. The Morgan fingerprint density at radius 2 is 2.45 bits per heavy atom. The van der Waals surface area contributed by atoms with E-state index >= 15 is 0 Å². The van der Waals surface area contributed by atoms with Gasteiger partial charge < -0.3 is 14.6 Å². The number of hydrogen-bond acceptors (Lipinski definition) is 3. The Morgan fingerprint density at radius 3 is 3.00 bits per heavy atom. The molecule has 0 aromatic carbocycles. The summed E-state index contributed by atoms with van der Waals surface area (Å²) in [7, 11) is 0. The van der Waals surface area contributed by atoms with Gasteiger partial charge in [-0.2, -0.15) is 0 Å². The van der Waals surface area contributed by atoms with Crippen molar-refractivity contribution in [2.45, 2.75) is 31.8 Å². The molecule has 1 aliphatic heterocycles. The molecule has 1 fully saturated rings. The molecule has 1 aliphatic rings. The zero-order valence-corrected chi connectivity index (χ0v) is 7.09. The maximum atomic E-state index is 8.98. The molecule has 0 spiro atoms. The molecular formula is C7H13ClO3. The van der Waals surface area contributed by atoms with Gasteiger partial charge in [0, 0.05) is 6.61 Å². The lowest BCUT2D eigenvalue weighted by Crippen LogP contribution is -2.28. The zero-order chi connectivity index (χ0) is 8.10. The minimum absolute atomic E-state index is 0.0971. The van der Waals surface area contributed by atoms with Crippen molar-refractivity contribution >= 4 is 11.6 Å². The van der Waals surface area contributed by atoms with Gasteiger partial charge in [0.1, 0.15) is 0 Å². The molecule has 2 atom stereocenters. The minimum atomic E-state index is -0.889. The normalized spacial score (nSPS) is 28.4. The van der Waals surface area contributed by atoms with Gasteiger partial charge in [-0.1, -0.05) is 0 Å². The molecule has 11 heavy (non-hydrogen) atoms. The molecule has 1 N–H and O–H groups in total. The summed E-state index contributed by atoms with van der Waals surface area (Å²) in [4.78, 5) is 0. The van der Waals surface area contributed by atoms with E-state index in [9.17, 15) is 0 Å². The van der Waals surface area contributed by atoms with Crippen LogP contribution in [-0.4, -0.2) is 30.2 Å². The molecular weight excluding hydrogens is 168 g/mol. The van der Waals surface area contributed by atoms with Gasteiger partial charge in [-0.25, -0.2) is 0 Å². The second-order valence-electron chi connectivity index (χ2n) is 2.54. The van der Waals surface area contributed by atoms with Crippen LogP contribution in [0.5, 0.6) is 0 Å². The quantitative estimate of drug-likeness (QED) is 0.522. The number of ether oxygens (including phenoxy) is 2. The average molecular weight is 181 g/mol. The van der Waals surface area contributed by atoms with Gasteiger partial charge in [-0.3, -0.25) is 0 Å². The monoisotopic (exact) mass is 180 g/mol. The zero-order valence-electron chi connectivity index (χ0n) is 6.33. The molecule has 0 radical (unpaired) electrons. The van der Waals surface area contributed by atoms with Crippen LogP contribution in [0.4, 0.5) is 0 Å². The summed E-state index contributed by atoms with van der Waals surface area (Å²) in [5, 5.41) is 8.98. The number of aliphatic hydroxyl groups excluding tert-OH is 1. The van der Waals surface area contributed by atoms with Crippen molar-refractivity contribution in [1.29, 1.82) is 0 Å².